The number of methoxy groups -OCH3 is 1. The van der Waals surface area contributed by atoms with Crippen molar-refractivity contribution in [3.05, 3.63) is 0 Å². The Morgan fingerprint density at radius 1 is 1.31 bits per heavy atom. The predicted octanol–water partition coefficient (Wildman–Crippen LogP) is -1.45. The number of hydrogen-bond acceptors (Lipinski definition) is 6. The third kappa shape index (κ3) is 4.26. The molecule has 16 heavy (non-hydrogen) atoms. The third-order valence-electron chi connectivity index (χ3n) is 1.74. The molecule has 0 aliphatic rings. The molecule has 0 aromatic heterocycles. The lowest BCUT2D eigenvalue weighted by Crippen LogP contribution is -2.51. The van der Waals surface area contributed by atoms with E-state index < -0.39 is 29.9 Å². The van der Waals surface area contributed by atoms with E-state index in [0.717, 1.165) is 0 Å². The highest BCUT2D eigenvalue weighted by Gasteiger charge is 2.26. The van der Waals surface area contributed by atoms with Crippen LogP contribution in [0.4, 0.5) is 0 Å². The minimum atomic E-state index is -1.44. The second-order valence-corrected chi connectivity index (χ2v) is 2.98. The molecule has 92 valence electrons. The number of amides is 1. The highest BCUT2D eigenvalue weighted by Crippen LogP contribution is 1.90. The van der Waals surface area contributed by atoms with Gasteiger partial charge in [-0.3, -0.25) is 4.79 Å². The summed E-state index contributed by atoms with van der Waals surface area (Å²) in [6.45, 7) is 3.15. The van der Waals surface area contributed by atoms with Crippen LogP contribution in [-0.2, 0) is 23.9 Å². The summed E-state index contributed by atoms with van der Waals surface area (Å²) < 4.78 is 8.94. The molecule has 2 atom stereocenters. The van der Waals surface area contributed by atoms with Gasteiger partial charge in [-0.1, -0.05) is 0 Å². The van der Waals surface area contributed by atoms with E-state index in [1.54, 1.807) is 6.92 Å². The van der Waals surface area contributed by atoms with Gasteiger partial charge in [0.05, 0.1) is 13.7 Å². The molecule has 0 fully saturated rings. The summed E-state index contributed by atoms with van der Waals surface area (Å²) >= 11 is 0. The summed E-state index contributed by atoms with van der Waals surface area (Å²) in [4.78, 5) is 33.4. The molecule has 1 unspecified atom stereocenters. The lowest BCUT2D eigenvalue weighted by atomic mass is 10.2. The Labute approximate surface area is 93.3 Å². The zero-order chi connectivity index (χ0) is 12.7. The van der Waals surface area contributed by atoms with Crippen LogP contribution in [0.3, 0.4) is 0 Å². The van der Waals surface area contributed by atoms with Crippen LogP contribution in [-0.4, -0.2) is 43.6 Å². The number of carbonyl (C=O) groups excluding carboxylic acids is 3. The number of hydrogen-bond donors (Lipinski definition) is 2. The van der Waals surface area contributed by atoms with Gasteiger partial charge < -0.3 is 20.5 Å². The Balaban J connectivity index is 4.25. The monoisotopic (exact) mass is 232 g/mol. The van der Waals surface area contributed by atoms with Crippen LogP contribution in [0.1, 0.15) is 13.8 Å². The summed E-state index contributed by atoms with van der Waals surface area (Å²) in [6.07, 6.45) is 0. The van der Waals surface area contributed by atoms with Gasteiger partial charge in [-0.15, -0.1) is 0 Å². The highest BCUT2D eigenvalue weighted by atomic mass is 16.5. The van der Waals surface area contributed by atoms with E-state index in [2.05, 4.69) is 14.8 Å². The lowest BCUT2D eigenvalue weighted by molar-refractivity contribution is -0.150. The molecule has 3 N–H and O–H groups in total. The van der Waals surface area contributed by atoms with E-state index in [-0.39, 0.29) is 6.61 Å². The Morgan fingerprint density at radius 2 is 1.88 bits per heavy atom. The maximum atomic E-state index is 11.3. The molecule has 1 amide bonds. The largest absolute Gasteiger partial charge is 0.467 e. The normalized spacial score (nSPS) is 13.5. The molecule has 0 aromatic rings. The molecule has 0 aliphatic carbocycles. The van der Waals surface area contributed by atoms with E-state index in [1.807, 2.05) is 0 Å². The topological polar surface area (TPSA) is 108 Å². The summed E-state index contributed by atoms with van der Waals surface area (Å²) in [5.74, 6) is -2.24. The van der Waals surface area contributed by atoms with E-state index in [0.29, 0.717) is 0 Å². The minimum absolute atomic E-state index is 0.131. The van der Waals surface area contributed by atoms with Gasteiger partial charge in [0.2, 0.25) is 5.91 Å². The van der Waals surface area contributed by atoms with Crippen molar-refractivity contribution in [3.63, 3.8) is 0 Å². The molecule has 0 heterocycles. The molecule has 0 radical (unpaired) electrons. The van der Waals surface area contributed by atoms with Gasteiger partial charge in [-0.2, -0.15) is 0 Å². The first-order chi connectivity index (χ1) is 7.43. The minimum Gasteiger partial charge on any atom is -0.467 e. The molecule has 0 saturated carbocycles. The van der Waals surface area contributed by atoms with Crippen molar-refractivity contribution in [3.8, 4) is 0 Å². The molecular formula is C9H16N2O5. The maximum absolute atomic E-state index is 11.3. The van der Waals surface area contributed by atoms with Crippen molar-refractivity contribution >= 4 is 17.8 Å². The van der Waals surface area contributed by atoms with Crippen LogP contribution in [0.2, 0.25) is 0 Å². The molecule has 0 bridgehead atoms. The lowest BCUT2D eigenvalue weighted by Gasteiger charge is -2.14. The molecular weight excluding hydrogens is 216 g/mol. The molecule has 0 saturated heterocycles. The van der Waals surface area contributed by atoms with Crippen LogP contribution in [0.25, 0.3) is 0 Å². The van der Waals surface area contributed by atoms with Crippen LogP contribution in [0.5, 0.6) is 0 Å². The molecule has 0 rings (SSSR count). The van der Waals surface area contributed by atoms with Crippen molar-refractivity contribution in [2.45, 2.75) is 25.9 Å². The SMILES string of the molecule is CCOC(=O)C(N)C(=O)N[C@@H](C)C(=O)OC. The molecule has 7 heteroatoms. The second kappa shape index (κ2) is 6.78. The van der Waals surface area contributed by atoms with E-state index in [9.17, 15) is 14.4 Å². The summed E-state index contributed by atoms with van der Waals surface area (Å²) in [7, 11) is 1.19. The van der Waals surface area contributed by atoms with Gasteiger partial charge in [-0.05, 0) is 13.8 Å². The highest BCUT2D eigenvalue weighted by molar-refractivity contribution is 6.02. The quantitative estimate of drug-likeness (QED) is 0.443. The van der Waals surface area contributed by atoms with Crippen LogP contribution < -0.4 is 11.1 Å². The summed E-state index contributed by atoms with van der Waals surface area (Å²) in [5, 5.41) is 2.23. The maximum Gasteiger partial charge on any atom is 0.332 e. The number of rotatable bonds is 5. The number of carbonyl (C=O) groups is 3. The van der Waals surface area contributed by atoms with Crippen LogP contribution in [0, 0.1) is 0 Å². The Hall–Kier alpha value is -1.63. The fourth-order valence-corrected chi connectivity index (χ4v) is 0.878. The fourth-order valence-electron chi connectivity index (χ4n) is 0.878. The van der Waals surface area contributed by atoms with Crippen molar-refractivity contribution in [2.24, 2.45) is 5.73 Å². The average molecular weight is 232 g/mol. The first-order valence-electron chi connectivity index (χ1n) is 4.74. The van der Waals surface area contributed by atoms with E-state index >= 15 is 0 Å². The number of ether oxygens (including phenoxy) is 2. The van der Waals surface area contributed by atoms with Crippen molar-refractivity contribution in [1.82, 2.24) is 5.32 Å². The van der Waals surface area contributed by atoms with E-state index in [1.165, 1.54) is 14.0 Å². The first-order valence-corrected chi connectivity index (χ1v) is 4.74. The Kier molecular flexibility index (Phi) is 6.09. The summed E-state index contributed by atoms with van der Waals surface area (Å²) in [6, 6.07) is -2.30. The summed E-state index contributed by atoms with van der Waals surface area (Å²) in [5.41, 5.74) is 5.30. The number of esters is 2. The molecule has 7 nitrogen and oxygen atoms in total. The predicted molar refractivity (Wildman–Crippen MR) is 54.2 cm³/mol. The van der Waals surface area contributed by atoms with Gasteiger partial charge in [0.15, 0.2) is 6.04 Å². The third-order valence-corrected chi connectivity index (χ3v) is 1.74. The van der Waals surface area contributed by atoms with Gasteiger partial charge in [0, 0.05) is 0 Å². The molecule has 0 spiro atoms. The van der Waals surface area contributed by atoms with Gasteiger partial charge in [0.25, 0.3) is 0 Å². The molecule has 0 aliphatic heterocycles. The molecule has 0 aromatic carbocycles. The van der Waals surface area contributed by atoms with E-state index in [4.69, 9.17) is 5.73 Å². The fraction of sp³-hybridized carbons (Fsp3) is 0.667. The number of nitrogens with one attached hydrogen (secondary N) is 1. The zero-order valence-corrected chi connectivity index (χ0v) is 9.48. The zero-order valence-electron chi connectivity index (χ0n) is 9.48. The van der Waals surface area contributed by atoms with Crippen LogP contribution >= 0.6 is 0 Å². The first kappa shape index (κ1) is 14.4. The van der Waals surface area contributed by atoms with Crippen molar-refractivity contribution in [1.29, 1.82) is 0 Å². The number of nitrogens with two attached hydrogens (primary N) is 1. The van der Waals surface area contributed by atoms with Crippen molar-refractivity contribution < 1.29 is 23.9 Å². The Bertz CT molecular complexity index is 279. The van der Waals surface area contributed by atoms with Crippen molar-refractivity contribution in [2.75, 3.05) is 13.7 Å². The second-order valence-electron chi connectivity index (χ2n) is 2.98. The average Bonchev–Trinajstić information content (AvgIpc) is 2.26. The smallest absolute Gasteiger partial charge is 0.332 e. The van der Waals surface area contributed by atoms with Gasteiger partial charge in [0.1, 0.15) is 6.04 Å². The van der Waals surface area contributed by atoms with Gasteiger partial charge >= 0.3 is 11.9 Å². The standard InChI is InChI=1S/C9H16N2O5/c1-4-16-9(14)6(10)7(12)11-5(2)8(13)15-3/h5-6H,4,10H2,1-3H3,(H,11,12)/t5-,6?/m0/s1. The Morgan fingerprint density at radius 3 is 2.31 bits per heavy atom. The van der Waals surface area contributed by atoms with Gasteiger partial charge in [-0.25, -0.2) is 9.59 Å². The van der Waals surface area contributed by atoms with Crippen LogP contribution in [0.15, 0.2) is 0 Å².